The summed E-state index contributed by atoms with van der Waals surface area (Å²) in [5, 5.41) is 18.9. The first-order valence-corrected chi connectivity index (χ1v) is 8.23. The minimum Gasteiger partial charge on any atom is -0.494 e. The molecule has 0 spiro atoms. The van der Waals surface area contributed by atoms with Crippen LogP contribution in [-0.4, -0.2) is 44.7 Å². The summed E-state index contributed by atoms with van der Waals surface area (Å²) in [6.07, 6.45) is 0. The fraction of sp³-hybridized carbons (Fsp3) is 0.235. The zero-order valence-corrected chi connectivity index (χ0v) is 14.5. The van der Waals surface area contributed by atoms with Gasteiger partial charge < -0.3 is 10.1 Å². The molecule has 0 radical (unpaired) electrons. The summed E-state index contributed by atoms with van der Waals surface area (Å²) < 4.78 is 5.57. The molecule has 9 nitrogen and oxygen atoms in total. The average Bonchev–Trinajstić information content (AvgIpc) is 3.16. The van der Waals surface area contributed by atoms with E-state index < -0.39 is 5.91 Å². The van der Waals surface area contributed by atoms with Crippen molar-refractivity contribution in [1.82, 2.24) is 25.6 Å². The first-order valence-electron chi connectivity index (χ1n) is 8.23. The molecule has 3 N–H and O–H groups in total. The van der Waals surface area contributed by atoms with E-state index in [0.29, 0.717) is 18.1 Å². The van der Waals surface area contributed by atoms with Crippen LogP contribution in [0, 0.1) is 0 Å². The maximum Gasteiger partial charge on any atom is 0.276 e. The number of hydrogen-bond donors (Lipinski definition) is 3. The normalized spacial score (nSPS) is 10.4. The molecule has 3 rings (SSSR count). The maximum absolute atomic E-state index is 12.4. The quantitative estimate of drug-likeness (QED) is 0.596. The van der Waals surface area contributed by atoms with Gasteiger partial charge in [-0.3, -0.25) is 10.1 Å². The molecule has 2 heterocycles. The van der Waals surface area contributed by atoms with Crippen molar-refractivity contribution in [2.75, 3.05) is 23.8 Å². The Labute approximate surface area is 150 Å². The molecule has 0 fully saturated rings. The number of benzene rings is 1. The molecule has 0 bridgehead atoms. The van der Waals surface area contributed by atoms with Gasteiger partial charge in [0.25, 0.3) is 11.9 Å². The summed E-state index contributed by atoms with van der Waals surface area (Å²) in [6, 6.07) is 11.2. The van der Waals surface area contributed by atoms with E-state index in [1.807, 2.05) is 38.1 Å². The van der Waals surface area contributed by atoms with Crippen LogP contribution in [0.2, 0.25) is 0 Å². The zero-order valence-electron chi connectivity index (χ0n) is 14.5. The van der Waals surface area contributed by atoms with E-state index in [9.17, 15) is 4.79 Å². The number of rotatable bonds is 7. The van der Waals surface area contributed by atoms with Gasteiger partial charge in [-0.2, -0.15) is 5.21 Å². The van der Waals surface area contributed by atoms with Crippen molar-refractivity contribution in [2.24, 2.45) is 0 Å². The lowest BCUT2D eigenvalue weighted by atomic mass is 10.1. The van der Waals surface area contributed by atoms with Gasteiger partial charge in [-0.1, -0.05) is 17.2 Å². The Hall–Kier alpha value is -3.49. The molecule has 0 aliphatic rings. The Balaban J connectivity index is 1.91. The molecule has 0 saturated carbocycles. The number of aromatic nitrogens is 5. The number of carbonyl (C=O) groups excluding carboxylic acids is 1. The van der Waals surface area contributed by atoms with E-state index in [0.717, 1.165) is 17.8 Å². The van der Waals surface area contributed by atoms with Crippen LogP contribution < -0.4 is 15.4 Å². The SMILES string of the molecule is CCNc1ccc(-c2cc(OCC)cc(C(=O)Nc3nn[nH]n3)n2)cc1. The number of H-pyrrole nitrogens is 1. The van der Waals surface area contributed by atoms with Crippen LogP contribution >= 0.6 is 0 Å². The minimum atomic E-state index is -0.446. The Morgan fingerprint density at radius 2 is 2.00 bits per heavy atom. The molecular weight excluding hydrogens is 334 g/mol. The second kappa shape index (κ2) is 8.06. The topological polar surface area (TPSA) is 118 Å². The summed E-state index contributed by atoms with van der Waals surface area (Å²) in [7, 11) is 0. The van der Waals surface area contributed by atoms with Gasteiger partial charge in [-0.25, -0.2) is 4.98 Å². The van der Waals surface area contributed by atoms with Crippen molar-refractivity contribution in [2.45, 2.75) is 13.8 Å². The number of nitrogens with zero attached hydrogens (tertiary/aromatic N) is 4. The summed E-state index contributed by atoms with van der Waals surface area (Å²) in [5.41, 5.74) is 2.73. The molecule has 3 aromatic rings. The summed E-state index contributed by atoms with van der Waals surface area (Å²) >= 11 is 0. The van der Waals surface area contributed by atoms with E-state index >= 15 is 0 Å². The van der Waals surface area contributed by atoms with E-state index in [1.54, 1.807) is 12.1 Å². The van der Waals surface area contributed by atoms with E-state index in [2.05, 4.69) is 36.2 Å². The van der Waals surface area contributed by atoms with Crippen LogP contribution in [-0.2, 0) is 0 Å². The molecule has 2 aromatic heterocycles. The van der Waals surface area contributed by atoms with Crippen LogP contribution in [0.1, 0.15) is 24.3 Å². The molecular formula is C17H19N7O2. The lowest BCUT2D eigenvalue weighted by molar-refractivity contribution is 0.102. The highest BCUT2D eigenvalue weighted by Gasteiger charge is 2.14. The van der Waals surface area contributed by atoms with Gasteiger partial charge in [0.2, 0.25) is 0 Å². The highest BCUT2D eigenvalue weighted by molar-refractivity contribution is 6.02. The van der Waals surface area contributed by atoms with Crippen molar-refractivity contribution in [3.05, 3.63) is 42.1 Å². The Kier molecular flexibility index (Phi) is 5.37. The molecule has 1 amide bonds. The molecule has 134 valence electrons. The van der Waals surface area contributed by atoms with Gasteiger partial charge >= 0.3 is 0 Å². The molecule has 26 heavy (non-hydrogen) atoms. The number of aromatic amines is 1. The number of nitrogens with one attached hydrogen (secondary N) is 3. The van der Waals surface area contributed by atoms with Crippen LogP contribution in [0.5, 0.6) is 5.75 Å². The van der Waals surface area contributed by atoms with Gasteiger partial charge in [0, 0.05) is 29.9 Å². The van der Waals surface area contributed by atoms with E-state index in [1.165, 1.54) is 0 Å². The first-order chi connectivity index (χ1) is 12.7. The predicted octanol–water partition coefficient (Wildman–Crippen LogP) is 2.34. The number of tetrazole rings is 1. The van der Waals surface area contributed by atoms with Crippen molar-refractivity contribution in [1.29, 1.82) is 0 Å². The molecule has 9 heteroatoms. The lowest BCUT2D eigenvalue weighted by Gasteiger charge is -2.10. The van der Waals surface area contributed by atoms with Crippen molar-refractivity contribution in [3.8, 4) is 17.0 Å². The van der Waals surface area contributed by atoms with Crippen LogP contribution in [0.15, 0.2) is 36.4 Å². The molecule has 0 aliphatic carbocycles. The van der Waals surface area contributed by atoms with Crippen molar-refractivity contribution >= 4 is 17.5 Å². The van der Waals surface area contributed by atoms with Gasteiger partial charge in [0.15, 0.2) is 0 Å². The highest BCUT2D eigenvalue weighted by Crippen LogP contribution is 2.25. The third kappa shape index (κ3) is 4.12. The third-order valence-electron chi connectivity index (χ3n) is 3.47. The highest BCUT2D eigenvalue weighted by atomic mass is 16.5. The number of amides is 1. The van der Waals surface area contributed by atoms with Crippen LogP contribution in [0.25, 0.3) is 11.3 Å². The number of hydrogen-bond acceptors (Lipinski definition) is 7. The Bertz CT molecular complexity index is 863. The largest absolute Gasteiger partial charge is 0.494 e. The second-order valence-corrected chi connectivity index (χ2v) is 5.30. The van der Waals surface area contributed by atoms with Crippen LogP contribution in [0.4, 0.5) is 11.6 Å². The summed E-state index contributed by atoms with van der Waals surface area (Å²) in [4.78, 5) is 16.9. The minimum absolute atomic E-state index is 0.0788. The summed E-state index contributed by atoms with van der Waals surface area (Å²) in [5.74, 6) is 0.195. The van der Waals surface area contributed by atoms with Gasteiger partial charge in [0.1, 0.15) is 11.4 Å². The first kappa shape index (κ1) is 17.3. The predicted molar refractivity (Wildman–Crippen MR) is 97.1 cm³/mol. The van der Waals surface area contributed by atoms with E-state index in [4.69, 9.17) is 4.74 Å². The van der Waals surface area contributed by atoms with Gasteiger partial charge in [0.05, 0.1) is 12.3 Å². The van der Waals surface area contributed by atoms with E-state index in [-0.39, 0.29) is 11.6 Å². The monoisotopic (exact) mass is 353 g/mol. The molecule has 1 aromatic carbocycles. The fourth-order valence-corrected chi connectivity index (χ4v) is 2.36. The Morgan fingerprint density at radius 1 is 1.19 bits per heavy atom. The van der Waals surface area contributed by atoms with Crippen LogP contribution in [0.3, 0.4) is 0 Å². The molecule has 0 saturated heterocycles. The van der Waals surface area contributed by atoms with Gasteiger partial charge in [-0.15, -0.1) is 5.10 Å². The summed E-state index contributed by atoms with van der Waals surface area (Å²) in [6.45, 7) is 5.24. The standard InChI is InChI=1S/C17H19N7O2/c1-3-18-12-7-5-11(6-8-12)14-9-13(26-4-2)10-15(19-14)16(25)20-17-21-23-24-22-17/h5-10,18H,3-4H2,1-2H3,(H2,20,21,22,23,24,25). The van der Waals surface area contributed by atoms with Gasteiger partial charge in [-0.05, 0) is 31.2 Å². The molecule has 0 aliphatic heterocycles. The Morgan fingerprint density at radius 3 is 2.65 bits per heavy atom. The smallest absolute Gasteiger partial charge is 0.276 e. The number of ether oxygens (including phenoxy) is 1. The third-order valence-corrected chi connectivity index (χ3v) is 3.47. The molecule has 0 atom stereocenters. The number of pyridine rings is 1. The number of carbonyl (C=O) groups is 1. The van der Waals surface area contributed by atoms with Crippen molar-refractivity contribution < 1.29 is 9.53 Å². The number of anilines is 2. The molecule has 0 unspecified atom stereocenters. The van der Waals surface area contributed by atoms with Crippen molar-refractivity contribution in [3.63, 3.8) is 0 Å². The zero-order chi connectivity index (χ0) is 18.4. The second-order valence-electron chi connectivity index (χ2n) is 5.30. The average molecular weight is 353 g/mol. The fourth-order valence-electron chi connectivity index (χ4n) is 2.36. The lowest BCUT2D eigenvalue weighted by Crippen LogP contribution is -2.15. The maximum atomic E-state index is 12.4.